The van der Waals surface area contributed by atoms with E-state index in [1.807, 2.05) is 51.9 Å². The van der Waals surface area contributed by atoms with E-state index in [1.165, 1.54) is 22.9 Å². The third kappa shape index (κ3) is 4.90. The van der Waals surface area contributed by atoms with Crippen molar-refractivity contribution in [3.8, 4) is 11.4 Å². The molecule has 7 nitrogen and oxygen atoms in total. The molecule has 0 N–H and O–H groups in total. The van der Waals surface area contributed by atoms with Crippen molar-refractivity contribution in [2.45, 2.75) is 18.1 Å². The second kappa shape index (κ2) is 9.87. The highest BCUT2D eigenvalue weighted by atomic mass is 32.2. The number of pyridine rings is 1. The van der Waals surface area contributed by atoms with Crippen LogP contribution < -0.4 is 0 Å². The molecule has 33 heavy (non-hydrogen) atoms. The quantitative estimate of drug-likeness (QED) is 0.383. The molecule has 166 valence electrons. The largest absolute Gasteiger partial charge is 0.467 e. The monoisotopic (exact) mass is 457 g/mol. The molecule has 0 radical (unpaired) electrons. The van der Waals surface area contributed by atoms with Crippen molar-refractivity contribution in [1.29, 1.82) is 0 Å². The molecule has 4 heterocycles. The number of benzene rings is 1. The summed E-state index contributed by atoms with van der Waals surface area (Å²) >= 11 is 1.40. The highest BCUT2D eigenvalue weighted by molar-refractivity contribution is 7.99. The third-order valence-electron chi connectivity index (χ3n) is 5.56. The lowest BCUT2D eigenvalue weighted by molar-refractivity contribution is -0.127. The summed E-state index contributed by atoms with van der Waals surface area (Å²) in [5.41, 5.74) is 3.39. The maximum absolute atomic E-state index is 12.9. The van der Waals surface area contributed by atoms with E-state index in [4.69, 9.17) is 4.42 Å². The number of furan rings is 1. The van der Waals surface area contributed by atoms with E-state index in [9.17, 15) is 4.79 Å². The molecule has 1 aromatic carbocycles. The number of carbonyl (C=O) groups is 1. The van der Waals surface area contributed by atoms with E-state index in [-0.39, 0.29) is 5.91 Å². The first kappa shape index (κ1) is 21.2. The van der Waals surface area contributed by atoms with E-state index < -0.39 is 0 Å². The Hall–Kier alpha value is -3.65. The molecule has 0 bridgehead atoms. The number of nitrogens with zero attached hydrogens (tertiary/aromatic N) is 5. The topological polar surface area (TPSA) is 77.0 Å². The molecule has 1 aliphatic rings. The first-order valence-corrected chi connectivity index (χ1v) is 11.8. The molecule has 3 aromatic heterocycles. The molecular formula is C25H23N5O2S. The summed E-state index contributed by atoms with van der Waals surface area (Å²) < 4.78 is 7.51. The van der Waals surface area contributed by atoms with Crippen LogP contribution in [-0.2, 0) is 11.3 Å². The number of aromatic nitrogens is 4. The maximum Gasteiger partial charge on any atom is 0.233 e. The highest BCUT2D eigenvalue weighted by Gasteiger charge is 2.21. The van der Waals surface area contributed by atoms with Gasteiger partial charge in [0, 0.05) is 31.0 Å². The van der Waals surface area contributed by atoms with Gasteiger partial charge in [0.1, 0.15) is 5.76 Å². The number of hydrogen-bond acceptors (Lipinski definition) is 6. The van der Waals surface area contributed by atoms with Crippen molar-refractivity contribution in [3.63, 3.8) is 0 Å². The zero-order chi connectivity index (χ0) is 22.5. The molecule has 8 heteroatoms. The minimum Gasteiger partial charge on any atom is -0.467 e. The van der Waals surface area contributed by atoms with Crippen molar-refractivity contribution in [3.05, 3.63) is 90.7 Å². The lowest BCUT2D eigenvalue weighted by atomic mass is 10.00. The van der Waals surface area contributed by atoms with Gasteiger partial charge in [-0.2, -0.15) is 0 Å². The fourth-order valence-corrected chi connectivity index (χ4v) is 4.67. The van der Waals surface area contributed by atoms with E-state index in [2.05, 4.69) is 33.4 Å². The smallest absolute Gasteiger partial charge is 0.233 e. The molecule has 1 amide bonds. The van der Waals surface area contributed by atoms with Crippen LogP contribution in [0.4, 0.5) is 0 Å². The number of amides is 1. The van der Waals surface area contributed by atoms with Crippen LogP contribution in [0.15, 0.2) is 88.9 Å². The summed E-state index contributed by atoms with van der Waals surface area (Å²) in [4.78, 5) is 19.0. The van der Waals surface area contributed by atoms with Crippen molar-refractivity contribution >= 4 is 23.2 Å². The maximum atomic E-state index is 12.9. The van der Waals surface area contributed by atoms with Gasteiger partial charge in [-0.1, -0.05) is 48.2 Å². The SMILES string of the molecule is O=C(CSc1nnc(-c2cccnc2)n1Cc1ccco1)N1CC=C(c2ccccc2)CC1. The van der Waals surface area contributed by atoms with Crippen LogP contribution in [0.25, 0.3) is 17.0 Å². The molecule has 4 aromatic rings. The van der Waals surface area contributed by atoms with E-state index >= 15 is 0 Å². The molecule has 0 spiro atoms. The summed E-state index contributed by atoms with van der Waals surface area (Å²) in [6.07, 6.45) is 8.14. The molecule has 0 saturated carbocycles. The number of hydrogen-bond donors (Lipinski definition) is 0. The van der Waals surface area contributed by atoms with Gasteiger partial charge in [-0.15, -0.1) is 10.2 Å². The number of carbonyl (C=O) groups excluding carboxylic acids is 1. The second-order valence-electron chi connectivity index (χ2n) is 7.69. The summed E-state index contributed by atoms with van der Waals surface area (Å²) in [5.74, 6) is 1.89. The van der Waals surface area contributed by atoms with Crippen molar-refractivity contribution in [2.24, 2.45) is 0 Å². The van der Waals surface area contributed by atoms with Crippen LogP contribution in [0, 0.1) is 0 Å². The third-order valence-corrected chi connectivity index (χ3v) is 6.51. The Kier molecular flexibility index (Phi) is 6.34. The van der Waals surface area contributed by atoms with Gasteiger partial charge < -0.3 is 9.32 Å². The fourth-order valence-electron chi connectivity index (χ4n) is 3.83. The Balaban J connectivity index is 1.28. The molecule has 1 aliphatic heterocycles. The zero-order valence-corrected chi connectivity index (χ0v) is 18.8. The molecule has 0 saturated heterocycles. The van der Waals surface area contributed by atoms with Gasteiger partial charge in [-0.25, -0.2) is 0 Å². The Labute approximate surface area is 196 Å². The first-order valence-electron chi connectivity index (χ1n) is 10.8. The summed E-state index contributed by atoms with van der Waals surface area (Å²) in [6, 6.07) is 17.9. The molecular weight excluding hydrogens is 434 g/mol. The van der Waals surface area contributed by atoms with E-state index in [0.717, 1.165) is 24.3 Å². The molecule has 0 fully saturated rings. The summed E-state index contributed by atoms with van der Waals surface area (Å²) in [5, 5.41) is 9.42. The van der Waals surface area contributed by atoms with Crippen molar-refractivity contribution < 1.29 is 9.21 Å². The minimum absolute atomic E-state index is 0.0961. The van der Waals surface area contributed by atoms with Crippen molar-refractivity contribution in [1.82, 2.24) is 24.6 Å². The van der Waals surface area contributed by atoms with E-state index in [0.29, 0.717) is 29.8 Å². The molecule has 5 rings (SSSR count). The van der Waals surface area contributed by atoms with Crippen LogP contribution in [-0.4, -0.2) is 49.4 Å². The van der Waals surface area contributed by atoms with Gasteiger partial charge in [0.05, 0.1) is 18.6 Å². The molecule has 0 unspecified atom stereocenters. The number of thioether (sulfide) groups is 1. The summed E-state index contributed by atoms with van der Waals surface area (Å²) in [6.45, 7) is 1.83. The van der Waals surface area contributed by atoms with Gasteiger partial charge in [-0.3, -0.25) is 14.3 Å². The lowest BCUT2D eigenvalue weighted by Crippen LogP contribution is -2.35. The summed E-state index contributed by atoms with van der Waals surface area (Å²) in [7, 11) is 0. The van der Waals surface area contributed by atoms with Crippen LogP contribution in [0.3, 0.4) is 0 Å². The van der Waals surface area contributed by atoms with Crippen molar-refractivity contribution in [2.75, 3.05) is 18.8 Å². The van der Waals surface area contributed by atoms with E-state index in [1.54, 1.807) is 18.7 Å². The average Bonchev–Trinajstić information content (AvgIpc) is 3.54. The van der Waals surface area contributed by atoms with Gasteiger partial charge >= 0.3 is 0 Å². The average molecular weight is 458 g/mol. The Morgan fingerprint density at radius 1 is 1.03 bits per heavy atom. The standard InChI is InChI=1S/C25H23N5O2S/c31-23(29-13-10-20(11-14-29)19-6-2-1-3-7-19)18-33-25-28-27-24(21-8-4-12-26-16-21)30(25)17-22-9-5-15-32-22/h1-10,12,15-16H,11,13-14,17-18H2. The zero-order valence-electron chi connectivity index (χ0n) is 18.0. The Bertz CT molecular complexity index is 1240. The van der Waals surface area contributed by atoms with Crippen LogP contribution >= 0.6 is 11.8 Å². The van der Waals surface area contributed by atoms with Gasteiger partial charge in [0.15, 0.2) is 11.0 Å². The predicted octanol–water partition coefficient (Wildman–Crippen LogP) is 4.39. The van der Waals surface area contributed by atoms with Crippen LogP contribution in [0.2, 0.25) is 0 Å². The number of rotatable bonds is 7. The first-order chi connectivity index (χ1) is 16.3. The molecule has 0 aliphatic carbocycles. The Morgan fingerprint density at radius 3 is 2.64 bits per heavy atom. The van der Waals surface area contributed by atoms with Gasteiger partial charge in [0.25, 0.3) is 0 Å². The van der Waals surface area contributed by atoms with Gasteiger partial charge in [-0.05, 0) is 41.8 Å². The van der Waals surface area contributed by atoms with Crippen LogP contribution in [0.1, 0.15) is 17.7 Å². The predicted molar refractivity (Wildman–Crippen MR) is 127 cm³/mol. The highest BCUT2D eigenvalue weighted by Crippen LogP contribution is 2.26. The molecule has 0 atom stereocenters. The minimum atomic E-state index is 0.0961. The second-order valence-corrected chi connectivity index (χ2v) is 8.63. The van der Waals surface area contributed by atoms with Gasteiger partial charge in [0.2, 0.25) is 5.91 Å². The Morgan fingerprint density at radius 2 is 1.91 bits per heavy atom. The lowest BCUT2D eigenvalue weighted by Gasteiger charge is -2.26. The normalized spacial score (nSPS) is 13.7. The van der Waals surface area contributed by atoms with Crippen LogP contribution in [0.5, 0.6) is 0 Å². The fraction of sp³-hybridized carbons (Fsp3) is 0.200.